The van der Waals surface area contributed by atoms with Crippen molar-refractivity contribution >= 4 is 5.97 Å². The summed E-state index contributed by atoms with van der Waals surface area (Å²) in [7, 11) is 0. The first-order valence-electron chi connectivity index (χ1n) is 4.45. The van der Waals surface area contributed by atoms with Crippen molar-refractivity contribution in [1.29, 1.82) is 5.26 Å². The van der Waals surface area contributed by atoms with Crippen molar-refractivity contribution in [3.63, 3.8) is 0 Å². The van der Waals surface area contributed by atoms with Crippen molar-refractivity contribution in [1.82, 2.24) is 0 Å². The fraction of sp³-hybridized carbons (Fsp3) is 0.273. The van der Waals surface area contributed by atoms with E-state index in [0.29, 0.717) is 12.0 Å². The van der Waals surface area contributed by atoms with Crippen LogP contribution in [0.15, 0.2) is 24.3 Å². The third kappa shape index (κ3) is 1.47. The van der Waals surface area contributed by atoms with Gasteiger partial charge in [-0.25, -0.2) is 0 Å². The van der Waals surface area contributed by atoms with E-state index in [4.69, 9.17) is 10.4 Å². The van der Waals surface area contributed by atoms with Gasteiger partial charge in [-0.3, -0.25) is 4.79 Å². The Kier molecular flexibility index (Phi) is 1.97. The zero-order chi connectivity index (χ0) is 10.1. The van der Waals surface area contributed by atoms with E-state index < -0.39 is 5.97 Å². The van der Waals surface area contributed by atoms with Gasteiger partial charge >= 0.3 is 5.97 Å². The number of nitrogens with zero attached hydrogens (tertiary/aromatic N) is 1. The van der Waals surface area contributed by atoms with Crippen LogP contribution in [0.2, 0.25) is 0 Å². The molecule has 1 aliphatic carbocycles. The van der Waals surface area contributed by atoms with Crippen LogP contribution in [0.4, 0.5) is 0 Å². The summed E-state index contributed by atoms with van der Waals surface area (Å²) >= 11 is 0. The monoisotopic (exact) mass is 187 g/mol. The maximum absolute atomic E-state index is 10.6. The zero-order valence-electron chi connectivity index (χ0n) is 7.47. The first-order chi connectivity index (χ1) is 6.72. The van der Waals surface area contributed by atoms with Crippen LogP contribution >= 0.6 is 0 Å². The Morgan fingerprint density at radius 1 is 1.57 bits per heavy atom. The summed E-state index contributed by atoms with van der Waals surface area (Å²) in [5, 5.41) is 17.4. The number of hydrogen-bond donors (Lipinski definition) is 1. The third-order valence-corrected chi connectivity index (χ3v) is 2.55. The topological polar surface area (TPSA) is 61.1 Å². The molecule has 2 rings (SSSR count). The molecule has 0 aromatic heterocycles. The summed E-state index contributed by atoms with van der Waals surface area (Å²) in [5.41, 5.74) is 1.56. The molecule has 0 spiro atoms. The Bertz CT molecular complexity index is 420. The van der Waals surface area contributed by atoms with E-state index in [2.05, 4.69) is 0 Å². The highest BCUT2D eigenvalue weighted by molar-refractivity contribution is 5.75. The summed E-state index contributed by atoms with van der Waals surface area (Å²) in [4.78, 5) is 10.6. The molecule has 0 aliphatic heterocycles. The molecule has 1 aromatic rings. The molecule has 1 aliphatic rings. The number of carbonyl (C=O) groups is 1. The zero-order valence-corrected chi connectivity index (χ0v) is 7.47. The Morgan fingerprint density at radius 2 is 2.36 bits per heavy atom. The highest BCUT2D eigenvalue weighted by atomic mass is 16.4. The van der Waals surface area contributed by atoms with E-state index in [1.807, 2.05) is 12.1 Å². The molecule has 1 N–H and O–H groups in total. The lowest BCUT2D eigenvalue weighted by Crippen LogP contribution is -1.98. The Morgan fingerprint density at radius 3 is 2.93 bits per heavy atom. The smallest absolute Gasteiger partial charge is 0.307 e. The molecule has 14 heavy (non-hydrogen) atoms. The second-order valence-electron chi connectivity index (χ2n) is 3.52. The molecular weight excluding hydrogens is 178 g/mol. The van der Waals surface area contributed by atoms with Gasteiger partial charge in [0.15, 0.2) is 0 Å². The van der Waals surface area contributed by atoms with Gasteiger partial charge in [0.05, 0.1) is 17.6 Å². The standard InChI is InChI=1S/C11H9NO2/c12-6-7-2-1-3-8(4-7)9-5-10(9)11(13)14/h1-4,9-10H,5H2,(H,13,14). The summed E-state index contributed by atoms with van der Waals surface area (Å²) in [5.74, 6) is -0.873. The Hall–Kier alpha value is -1.82. The van der Waals surface area contributed by atoms with Gasteiger partial charge in [0.1, 0.15) is 0 Å². The predicted octanol–water partition coefficient (Wildman–Crippen LogP) is 1.75. The van der Waals surface area contributed by atoms with Crippen molar-refractivity contribution in [3.05, 3.63) is 35.4 Å². The van der Waals surface area contributed by atoms with E-state index in [-0.39, 0.29) is 11.8 Å². The minimum Gasteiger partial charge on any atom is -0.481 e. The summed E-state index contributed by atoms with van der Waals surface area (Å²) in [6.07, 6.45) is 0.699. The average Bonchev–Trinajstić information content (AvgIpc) is 2.97. The number of carboxylic acid groups (broad SMARTS) is 1. The molecule has 2 atom stereocenters. The number of carboxylic acids is 1. The summed E-state index contributed by atoms with van der Waals surface area (Å²) < 4.78 is 0. The van der Waals surface area contributed by atoms with Gasteiger partial charge in [-0.2, -0.15) is 5.26 Å². The van der Waals surface area contributed by atoms with Crippen molar-refractivity contribution in [2.75, 3.05) is 0 Å². The van der Waals surface area contributed by atoms with Crippen LogP contribution in [0.1, 0.15) is 23.5 Å². The van der Waals surface area contributed by atoms with E-state index in [1.54, 1.807) is 18.2 Å². The maximum atomic E-state index is 10.6. The highest BCUT2D eigenvalue weighted by Crippen LogP contribution is 2.47. The van der Waals surface area contributed by atoms with Crippen LogP contribution in [0, 0.1) is 17.2 Å². The van der Waals surface area contributed by atoms with Crippen molar-refractivity contribution in [2.24, 2.45) is 5.92 Å². The van der Waals surface area contributed by atoms with Crippen LogP contribution in [-0.2, 0) is 4.79 Å². The van der Waals surface area contributed by atoms with Crippen LogP contribution in [0.3, 0.4) is 0 Å². The van der Waals surface area contributed by atoms with Crippen molar-refractivity contribution in [3.8, 4) is 6.07 Å². The van der Waals surface area contributed by atoms with Crippen LogP contribution in [-0.4, -0.2) is 11.1 Å². The molecule has 1 aromatic carbocycles. The maximum Gasteiger partial charge on any atom is 0.307 e. The molecule has 1 fully saturated rings. The number of benzene rings is 1. The van der Waals surface area contributed by atoms with Gasteiger partial charge in [-0.15, -0.1) is 0 Å². The molecule has 3 nitrogen and oxygen atoms in total. The summed E-state index contributed by atoms with van der Waals surface area (Å²) in [6, 6.07) is 9.22. The Labute approximate surface area is 81.6 Å². The number of aliphatic carboxylic acids is 1. The lowest BCUT2D eigenvalue weighted by molar-refractivity contribution is -0.138. The molecule has 0 radical (unpaired) electrons. The second-order valence-corrected chi connectivity index (χ2v) is 3.52. The Balaban J connectivity index is 2.20. The molecule has 0 saturated heterocycles. The largest absolute Gasteiger partial charge is 0.481 e. The first-order valence-corrected chi connectivity index (χ1v) is 4.45. The minimum atomic E-state index is -0.739. The van der Waals surface area contributed by atoms with Gasteiger partial charge in [0.2, 0.25) is 0 Å². The highest BCUT2D eigenvalue weighted by Gasteiger charge is 2.44. The van der Waals surface area contributed by atoms with Crippen molar-refractivity contribution in [2.45, 2.75) is 12.3 Å². The molecule has 3 heteroatoms. The fourth-order valence-corrected chi connectivity index (χ4v) is 1.68. The van der Waals surface area contributed by atoms with Gasteiger partial charge in [-0.05, 0) is 30.0 Å². The molecule has 1 saturated carbocycles. The van der Waals surface area contributed by atoms with Crippen molar-refractivity contribution < 1.29 is 9.90 Å². The van der Waals surface area contributed by atoms with Gasteiger partial charge in [-0.1, -0.05) is 12.1 Å². The molecule has 70 valence electrons. The molecule has 0 amide bonds. The summed E-state index contributed by atoms with van der Waals surface area (Å²) in [6.45, 7) is 0. The number of nitriles is 1. The normalized spacial score (nSPS) is 23.9. The number of rotatable bonds is 2. The van der Waals surface area contributed by atoms with E-state index in [1.165, 1.54) is 0 Å². The average molecular weight is 187 g/mol. The number of hydrogen-bond acceptors (Lipinski definition) is 2. The molecule has 0 heterocycles. The second kappa shape index (κ2) is 3.15. The first kappa shape index (κ1) is 8.76. The lowest BCUT2D eigenvalue weighted by atomic mass is 10.1. The van der Waals surface area contributed by atoms with Gasteiger partial charge in [0, 0.05) is 0 Å². The third-order valence-electron chi connectivity index (χ3n) is 2.55. The van der Waals surface area contributed by atoms with E-state index in [9.17, 15) is 4.79 Å². The van der Waals surface area contributed by atoms with Gasteiger partial charge < -0.3 is 5.11 Å². The van der Waals surface area contributed by atoms with Crippen LogP contribution < -0.4 is 0 Å². The quantitative estimate of drug-likeness (QED) is 0.767. The van der Waals surface area contributed by atoms with Gasteiger partial charge in [0.25, 0.3) is 0 Å². The fourth-order valence-electron chi connectivity index (χ4n) is 1.68. The van der Waals surface area contributed by atoms with E-state index in [0.717, 1.165) is 5.56 Å². The molecule has 0 bridgehead atoms. The minimum absolute atomic E-state index is 0.112. The SMILES string of the molecule is N#Cc1cccc(C2CC2C(=O)O)c1. The molecular formula is C11H9NO2. The predicted molar refractivity (Wildman–Crippen MR) is 49.6 cm³/mol. The van der Waals surface area contributed by atoms with Crippen LogP contribution in [0.25, 0.3) is 0 Å². The molecule has 2 unspecified atom stereocenters. The van der Waals surface area contributed by atoms with E-state index >= 15 is 0 Å². The van der Waals surface area contributed by atoms with Crippen LogP contribution in [0.5, 0.6) is 0 Å². The lowest BCUT2D eigenvalue weighted by Gasteiger charge is -1.97.